The molecule has 1 heterocycles. The molecule has 0 saturated carbocycles. The van der Waals surface area contributed by atoms with Crippen molar-refractivity contribution in [3.63, 3.8) is 0 Å². The molecule has 2 rings (SSSR count). The molecular formula is C11H15NO4S. The van der Waals surface area contributed by atoms with Crippen LogP contribution in [0.3, 0.4) is 0 Å². The second-order valence-electron chi connectivity index (χ2n) is 4.35. The third-order valence-corrected chi connectivity index (χ3v) is 4.08. The minimum Gasteiger partial charge on any atom is -0.384 e. The Hall–Kier alpha value is -0.950. The van der Waals surface area contributed by atoms with Gasteiger partial charge in [-0.1, -0.05) is 17.7 Å². The van der Waals surface area contributed by atoms with Gasteiger partial charge in [0.1, 0.15) is 5.60 Å². The van der Waals surface area contributed by atoms with E-state index < -0.39 is 15.6 Å². The molecule has 1 saturated heterocycles. The van der Waals surface area contributed by atoms with Crippen LogP contribution >= 0.6 is 0 Å². The summed E-state index contributed by atoms with van der Waals surface area (Å²) in [6.45, 7) is 2.20. The molecule has 0 radical (unpaired) electrons. The summed E-state index contributed by atoms with van der Waals surface area (Å²) in [5.41, 5.74) is -0.0624. The smallest absolute Gasteiger partial charge is 0.240 e. The molecule has 0 aromatic heterocycles. The van der Waals surface area contributed by atoms with Crippen LogP contribution in [0.25, 0.3) is 0 Å². The van der Waals surface area contributed by atoms with Crippen molar-refractivity contribution in [3.05, 3.63) is 29.8 Å². The van der Waals surface area contributed by atoms with Gasteiger partial charge in [0, 0.05) is 6.54 Å². The van der Waals surface area contributed by atoms with Crippen molar-refractivity contribution in [1.29, 1.82) is 0 Å². The summed E-state index contributed by atoms with van der Waals surface area (Å²) in [4.78, 5) is 0.201. The number of ether oxygens (including phenoxy) is 1. The van der Waals surface area contributed by atoms with Crippen molar-refractivity contribution in [2.45, 2.75) is 17.4 Å². The van der Waals surface area contributed by atoms with E-state index in [4.69, 9.17) is 4.74 Å². The first kappa shape index (κ1) is 12.5. The van der Waals surface area contributed by atoms with Crippen molar-refractivity contribution in [3.8, 4) is 0 Å². The highest BCUT2D eigenvalue weighted by Gasteiger charge is 2.37. The highest BCUT2D eigenvalue weighted by molar-refractivity contribution is 7.89. The molecule has 5 nitrogen and oxygen atoms in total. The van der Waals surface area contributed by atoms with Gasteiger partial charge in [-0.2, -0.15) is 0 Å². The molecule has 1 aliphatic rings. The molecule has 0 amide bonds. The Morgan fingerprint density at radius 1 is 1.35 bits per heavy atom. The van der Waals surface area contributed by atoms with Crippen LogP contribution in [-0.2, 0) is 14.8 Å². The number of aliphatic hydroxyl groups is 1. The Kier molecular flexibility index (Phi) is 3.22. The zero-order valence-electron chi connectivity index (χ0n) is 9.51. The van der Waals surface area contributed by atoms with Crippen LogP contribution in [0, 0.1) is 6.92 Å². The molecule has 94 valence electrons. The molecule has 0 bridgehead atoms. The highest BCUT2D eigenvalue weighted by atomic mass is 32.2. The largest absolute Gasteiger partial charge is 0.384 e. The molecule has 1 aromatic rings. The van der Waals surface area contributed by atoms with Gasteiger partial charge in [0.25, 0.3) is 0 Å². The molecule has 0 spiro atoms. The lowest BCUT2D eigenvalue weighted by Gasteiger charge is -2.36. The topological polar surface area (TPSA) is 75.6 Å². The molecule has 1 fully saturated rings. The Labute approximate surface area is 100 Å². The summed E-state index contributed by atoms with van der Waals surface area (Å²) in [7, 11) is -3.55. The van der Waals surface area contributed by atoms with Crippen LogP contribution in [0.2, 0.25) is 0 Å². The Morgan fingerprint density at radius 3 is 2.41 bits per heavy atom. The van der Waals surface area contributed by atoms with E-state index in [1.165, 1.54) is 0 Å². The van der Waals surface area contributed by atoms with Gasteiger partial charge in [-0.25, -0.2) is 13.1 Å². The van der Waals surface area contributed by atoms with Gasteiger partial charge in [0.2, 0.25) is 10.0 Å². The predicted octanol–water partition coefficient (Wildman–Crippen LogP) is 0.0346. The summed E-state index contributed by atoms with van der Waals surface area (Å²) >= 11 is 0. The van der Waals surface area contributed by atoms with E-state index in [2.05, 4.69) is 4.72 Å². The fourth-order valence-electron chi connectivity index (χ4n) is 1.47. The molecule has 6 heteroatoms. The number of hydrogen-bond donors (Lipinski definition) is 2. The molecule has 0 atom stereocenters. The SMILES string of the molecule is Cc1ccc(S(=O)(=O)NCC2(O)COC2)cc1. The predicted molar refractivity (Wildman–Crippen MR) is 62.1 cm³/mol. The van der Waals surface area contributed by atoms with E-state index in [1.807, 2.05) is 6.92 Å². The number of sulfonamides is 1. The minimum atomic E-state index is -3.55. The summed E-state index contributed by atoms with van der Waals surface area (Å²) in [6.07, 6.45) is 0. The first-order chi connectivity index (χ1) is 7.91. The van der Waals surface area contributed by atoms with E-state index in [1.54, 1.807) is 24.3 Å². The number of benzene rings is 1. The van der Waals surface area contributed by atoms with Gasteiger partial charge in [0.05, 0.1) is 18.1 Å². The highest BCUT2D eigenvalue weighted by Crippen LogP contribution is 2.16. The Balaban J connectivity index is 2.06. The van der Waals surface area contributed by atoms with Crippen LogP contribution in [0.5, 0.6) is 0 Å². The molecular weight excluding hydrogens is 242 g/mol. The second-order valence-corrected chi connectivity index (χ2v) is 6.12. The van der Waals surface area contributed by atoms with Crippen molar-refractivity contribution in [1.82, 2.24) is 4.72 Å². The van der Waals surface area contributed by atoms with Crippen molar-refractivity contribution < 1.29 is 18.3 Å². The van der Waals surface area contributed by atoms with Crippen molar-refractivity contribution >= 4 is 10.0 Å². The fraction of sp³-hybridized carbons (Fsp3) is 0.455. The first-order valence-electron chi connectivity index (χ1n) is 5.28. The average molecular weight is 257 g/mol. The summed E-state index contributed by atoms with van der Waals surface area (Å²) in [6, 6.07) is 6.55. The quantitative estimate of drug-likeness (QED) is 0.798. The summed E-state index contributed by atoms with van der Waals surface area (Å²) in [5.74, 6) is 0. The molecule has 1 aliphatic heterocycles. The Bertz CT molecular complexity index is 491. The molecule has 0 unspecified atom stereocenters. The normalized spacial score (nSPS) is 18.7. The van der Waals surface area contributed by atoms with E-state index in [0.29, 0.717) is 0 Å². The number of nitrogens with one attached hydrogen (secondary N) is 1. The summed E-state index contributed by atoms with van der Waals surface area (Å²) < 4.78 is 31.0. The van der Waals surface area contributed by atoms with E-state index in [0.717, 1.165) is 5.56 Å². The van der Waals surface area contributed by atoms with Crippen molar-refractivity contribution in [2.24, 2.45) is 0 Å². The zero-order chi connectivity index (χ0) is 12.5. The maximum atomic E-state index is 11.9. The van der Waals surface area contributed by atoms with Crippen molar-refractivity contribution in [2.75, 3.05) is 19.8 Å². The summed E-state index contributed by atoms with van der Waals surface area (Å²) in [5, 5.41) is 9.71. The van der Waals surface area contributed by atoms with E-state index in [-0.39, 0.29) is 24.7 Å². The van der Waals surface area contributed by atoms with Crippen LogP contribution in [0.1, 0.15) is 5.56 Å². The maximum absolute atomic E-state index is 11.9. The van der Waals surface area contributed by atoms with Crippen LogP contribution < -0.4 is 4.72 Å². The third kappa shape index (κ3) is 2.84. The van der Waals surface area contributed by atoms with Crippen LogP contribution in [0.4, 0.5) is 0 Å². The lowest BCUT2D eigenvalue weighted by molar-refractivity contribution is -0.172. The second kappa shape index (κ2) is 4.38. The zero-order valence-corrected chi connectivity index (χ0v) is 10.3. The molecule has 2 N–H and O–H groups in total. The van der Waals surface area contributed by atoms with Gasteiger partial charge < -0.3 is 9.84 Å². The van der Waals surface area contributed by atoms with Crippen LogP contribution in [0.15, 0.2) is 29.2 Å². The first-order valence-corrected chi connectivity index (χ1v) is 6.76. The Morgan fingerprint density at radius 2 is 1.94 bits per heavy atom. The van der Waals surface area contributed by atoms with Gasteiger partial charge >= 0.3 is 0 Å². The number of aryl methyl sites for hydroxylation is 1. The van der Waals surface area contributed by atoms with Gasteiger partial charge in [-0.05, 0) is 19.1 Å². The lowest BCUT2D eigenvalue weighted by Crippen LogP contribution is -2.56. The van der Waals surface area contributed by atoms with Gasteiger partial charge in [-0.3, -0.25) is 0 Å². The van der Waals surface area contributed by atoms with E-state index >= 15 is 0 Å². The standard InChI is InChI=1S/C11H15NO4S/c1-9-2-4-10(5-3-9)17(14,15)12-6-11(13)7-16-8-11/h2-5,12-13H,6-8H2,1H3. The number of rotatable bonds is 4. The third-order valence-electron chi connectivity index (χ3n) is 2.66. The fourth-order valence-corrected chi connectivity index (χ4v) is 2.59. The van der Waals surface area contributed by atoms with Gasteiger partial charge in [-0.15, -0.1) is 0 Å². The lowest BCUT2D eigenvalue weighted by atomic mass is 10.0. The molecule has 17 heavy (non-hydrogen) atoms. The van der Waals surface area contributed by atoms with Gasteiger partial charge in [0.15, 0.2) is 0 Å². The molecule has 1 aromatic carbocycles. The minimum absolute atomic E-state index is 0.0246. The van der Waals surface area contributed by atoms with E-state index in [9.17, 15) is 13.5 Å². The number of hydrogen-bond acceptors (Lipinski definition) is 4. The molecule has 0 aliphatic carbocycles. The monoisotopic (exact) mass is 257 g/mol. The maximum Gasteiger partial charge on any atom is 0.240 e. The average Bonchev–Trinajstić information content (AvgIpc) is 2.24. The van der Waals surface area contributed by atoms with Crippen LogP contribution in [-0.4, -0.2) is 38.9 Å².